The lowest BCUT2D eigenvalue weighted by Crippen LogP contribution is -1.94. The molecular weight excluding hydrogens is 350 g/mol. The molecule has 0 atom stereocenters. The average molecular weight is 361 g/mol. The Hall–Kier alpha value is -1.97. The Kier molecular flexibility index (Phi) is 3.98. The van der Waals surface area contributed by atoms with Gasteiger partial charge in [-0.2, -0.15) is 16.3 Å². The van der Waals surface area contributed by atoms with E-state index in [-0.39, 0.29) is 0 Å². The van der Waals surface area contributed by atoms with Crippen molar-refractivity contribution in [3.8, 4) is 22.2 Å². The van der Waals surface area contributed by atoms with Crippen LogP contribution in [0.5, 0.6) is 0 Å². The maximum Gasteiger partial charge on any atom is 0.258 e. The SMILES string of the molecule is Cn1c(SCc2noc(-c3ccsc3)n2)nnc1-c1cccs1. The first-order valence-electron chi connectivity index (χ1n) is 6.72. The van der Waals surface area contributed by atoms with Gasteiger partial charge in [-0.15, -0.1) is 21.5 Å². The summed E-state index contributed by atoms with van der Waals surface area (Å²) in [7, 11) is 1.96. The molecule has 4 aromatic heterocycles. The van der Waals surface area contributed by atoms with Crippen molar-refractivity contribution in [1.29, 1.82) is 0 Å². The minimum atomic E-state index is 0.555. The van der Waals surface area contributed by atoms with Crippen LogP contribution >= 0.6 is 34.4 Å². The first kappa shape index (κ1) is 14.6. The van der Waals surface area contributed by atoms with E-state index >= 15 is 0 Å². The van der Waals surface area contributed by atoms with Crippen LogP contribution in [0.3, 0.4) is 0 Å². The Morgan fingerprint density at radius 3 is 3.00 bits per heavy atom. The highest BCUT2D eigenvalue weighted by molar-refractivity contribution is 7.98. The van der Waals surface area contributed by atoms with E-state index in [2.05, 4.69) is 20.3 Å². The van der Waals surface area contributed by atoms with Crippen molar-refractivity contribution in [3.63, 3.8) is 0 Å². The van der Waals surface area contributed by atoms with Crippen molar-refractivity contribution in [2.45, 2.75) is 10.9 Å². The van der Waals surface area contributed by atoms with Gasteiger partial charge in [-0.3, -0.25) is 0 Å². The van der Waals surface area contributed by atoms with Crippen LogP contribution in [0.25, 0.3) is 22.2 Å². The number of nitrogens with zero attached hydrogens (tertiary/aromatic N) is 5. The zero-order valence-electron chi connectivity index (χ0n) is 12.0. The summed E-state index contributed by atoms with van der Waals surface area (Å²) in [5.74, 6) is 2.66. The van der Waals surface area contributed by atoms with Gasteiger partial charge in [0.25, 0.3) is 5.89 Å². The Bertz CT molecular complexity index is 895. The highest BCUT2D eigenvalue weighted by Crippen LogP contribution is 2.28. The standard InChI is InChI=1S/C14H11N5OS3/c1-19-12(10-3-2-5-22-10)16-17-14(19)23-8-11-15-13(20-18-11)9-4-6-21-7-9/h2-7H,8H2,1H3. The molecule has 0 amide bonds. The summed E-state index contributed by atoms with van der Waals surface area (Å²) in [5, 5.41) is 19.3. The molecule has 0 saturated heterocycles. The van der Waals surface area contributed by atoms with Crippen LogP contribution < -0.4 is 0 Å². The van der Waals surface area contributed by atoms with Crippen molar-refractivity contribution in [3.05, 3.63) is 40.2 Å². The fourth-order valence-corrected chi connectivity index (χ4v) is 4.13. The molecule has 4 heterocycles. The van der Waals surface area contributed by atoms with Crippen LogP contribution in [-0.4, -0.2) is 24.9 Å². The lowest BCUT2D eigenvalue weighted by Gasteiger charge is -2.00. The molecule has 4 rings (SSSR count). The van der Waals surface area contributed by atoms with Crippen molar-refractivity contribution >= 4 is 34.4 Å². The first-order valence-corrected chi connectivity index (χ1v) is 9.53. The third-order valence-corrected chi connectivity index (χ3v) is 5.71. The van der Waals surface area contributed by atoms with Crippen LogP contribution in [-0.2, 0) is 12.8 Å². The zero-order valence-corrected chi connectivity index (χ0v) is 14.5. The molecule has 0 aliphatic rings. The molecule has 6 nitrogen and oxygen atoms in total. The second kappa shape index (κ2) is 6.26. The predicted octanol–water partition coefficient (Wildman–Crippen LogP) is 3.95. The minimum absolute atomic E-state index is 0.555. The van der Waals surface area contributed by atoms with Crippen molar-refractivity contribution in [2.24, 2.45) is 7.05 Å². The number of thioether (sulfide) groups is 1. The molecule has 0 spiro atoms. The van der Waals surface area contributed by atoms with E-state index in [1.165, 1.54) is 0 Å². The topological polar surface area (TPSA) is 69.6 Å². The Balaban J connectivity index is 1.48. The van der Waals surface area contributed by atoms with Gasteiger partial charge in [0.05, 0.1) is 16.2 Å². The van der Waals surface area contributed by atoms with E-state index < -0.39 is 0 Å². The van der Waals surface area contributed by atoms with E-state index in [1.807, 2.05) is 46.0 Å². The van der Waals surface area contributed by atoms with Crippen LogP contribution in [0, 0.1) is 0 Å². The predicted molar refractivity (Wildman–Crippen MR) is 91.5 cm³/mol. The fraction of sp³-hybridized carbons (Fsp3) is 0.143. The second-order valence-electron chi connectivity index (χ2n) is 4.66. The molecule has 4 aromatic rings. The van der Waals surface area contributed by atoms with Gasteiger partial charge in [-0.05, 0) is 22.9 Å². The molecular formula is C14H11N5OS3. The number of thiophene rings is 2. The fourth-order valence-electron chi connectivity index (χ4n) is 2.01. The van der Waals surface area contributed by atoms with E-state index in [4.69, 9.17) is 4.52 Å². The lowest BCUT2D eigenvalue weighted by atomic mass is 10.3. The van der Waals surface area contributed by atoms with E-state index in [9.17, 15) is 0 Å². The van der Waals surface area contributed by atoms with Crippen LogP contribution in [0.1, 0.15) is 5.82 Å². The summed E-state index contributed by atoms with van der Waals surface area (Å²) in [4.78, 5) is 5.51. The van der Waals surface area contributed by atoms with Crippen molar-refractivity contribution in [1.82, 2.24) is 24.9 Å². The number of rotatable bonds is 5. The maximum atomic E-state index is 5.28. The highest BCUT2D eigenvalue weighted by atomic mass is 32.2. The van der Waals surface area contributed by atoms with Gasteiger partial charge in [-0.25, -0.2) is 0 Å². The van der Waals surface area contributed by atoms with Crippen LogP contribution in [0.15, 0.2) is 44.0 Å². The largest absolute Gasteiger partial charge is 0.334 e. The molecule has 0 aliphatic heterocycles. The third-order valence-electron chi connectivity index (χ3n) is 3.14. The normalized spacial score (nSPS) is 11.2. The Morgan fingerprint density at radius 2 is 2.22 bits per heavy atom. The molecule has 0 aromatic carbocycles. The first-order chi connectivity index (χ1) is 11.3. The summed E-state index contributed by atoms with van der Waals surface area (Å²) in [6, 6.07) is 6.01. The molecule has 116 valence electrons. The molecule has 9 heteroatoms. The van der Waals surface area contributed by atoms with Crippen molar-refractivity contribution in [2.75, 3.05) is 0 Å². The van der Waals surface area contributed by atoms with Gasteiger partial charge in [0.15, 0.2) is 16.8 Å². The van der Waals surface area contributed by atoms with Crippen LogP contribution in [0.4, 0.5) is 0 Å². The molecule has 0 radical (unpaired) electrons. The summed E-state index contributed by atoms with van der Waals surface area (Å²) in [6.07, 6.45) is 0. The van der Waals surface area contributed by atoms with Gasteiger partial charge < -0.3 is 9.09 Å². The molecule has 0 aliphatic carbocycles. The monoisotopic (exact) mass is 361 g/mol. The number of aromatic nitrogens is 5. The van der Waals surface area contributed by atoms with E-state index in [0.29, 0.717) is 17.5 Å². The van der Waals surface area contributed by atoms with Gasteiger partial charge in [0.1, 0.15) is 0 Å². The summed E-state index contributed by atoms with van der Waals surface area (Å²) in [5.41, 5.74) is 0.956. The second-order valence-corrected chi connectivity index (χ2v) is 7.33. The van der Waals surface area contributed by atoms with Gasteiger partial charge in [0.2, 0.25) is 0 Å². The molecule has 0 saturated carbocycles. The molecule has 0 bridgehead atoms. The lowest BCUT2D eigenvalue weighted by molar-refractivity contribution is 0.425. The van der Waals surface area contributed by atoms with E-state index in [0.717, 1.165) is 21.4 Å². The van der Waals surface area contributed by atoms with Crippen LogP contribution in [0.2, 0.25) is 0 Å². The molecule has 0 N–H and O–H groups in total. The molecule has 0 unspecified atom stereocenters. The quantitative estimate of drug-likeness (QED) is 0.501. The summed E-state index contributed by atoms with van der Waals surface area (Å²) in [6.45, 7) is 0. The van der Waals surface area contributed by atoms with Gasteiger partial charge >= 0.3 is 0 Å². The third kappa shape index (κ3) is 2.94. The average Bonchev–Trinajstić information content (AvgIpc) is 3.33. The summed E-state index contributed by atoms with van der Waals surface area (Å²) >= 11 is 4.79. The Labute approximate surface area is 144 Å². The zero-order chi connectivity index (χ0) is 15.6. The smallest absolute Gasteiger partial charge is 0.258 e. The van der Waals surface area contributed by atoms with Gasteiger partial charge in [-0.1, -0.05) is 23.0 Å². The molecule has 0 fully saturated rings. The highest BCUT2D eigenvalue weighted by Gasteiger charge is 2.14. The molecule has 23 heavy (non-hydrogen) atoms. The Morgan fingerprint density at radius 1 is 1.26 bits per heavy atom. The van der Waals surface area contributed by atoms with Crippen molar-refractivity contribution < 1.29 is 4.52 Å². The number of hydrogen-bond donors (Lipinski definition) is 0. The number of hydrogen-bond acceptors (Lipinski definition) is 8. The van der Waals surface area contributed by atoms with E-state index in [1.54, 1.807) is 34.4 Å². The maximum absolute atomic E-state index is 5.28. The minimum Gasteiger partial charge on any atom is -0.334 e. The van der Waals surface area contributed by atoms with Gasteiger partial charge in [0, 0.05) is 12.4 Å². The summed E-state index contributed by atoms with van der Waals surface area (Å²) < 4.78 is 7.27.